The number of rotatable bonds is 8. The number of nitrogens with one attached hydrogen (secondary N) is 1. The van der Waals surface area contributed by atoms with E-state index >= 15 is 0 Å². The highest BCUT2D eigenvalue weighted by Crippen LogP contribution is 2.38. The lowest BCUT2D eigenvalue weighted by atomic mass is 10.0. The van der Waals surface area contributed by atoms with Crippen LogP contribution in [-0.4, -0.2) is 50.3 Å². The number of carbonyl (C=O) groups is 1. The maximum Gasteiger partial charge on any atom is 0.416 e. The summed E-state index contributed by atoms with van der Waals surface area (Å²) in [6.07, 6.45) is -8.33. The van der Waals surface area contributed by atoms with Crippen molar-refractivity contribution in [1.29, 1.82) is 0 Å². The molecule has 0 aromatic heterocycles. The Balaban J connectivity index is 1.77. The van der Waals surface area contributed by atoms with Gasteiger partial charge in [0.05, 0.1) is 29.7 Å². The number of hydrogen-bond acceptors (Lipinski definition) is 6. The monoisotopic (exact) mass is 547 g/mol. The van der Waals surface area contributed by atoms with Crippen molar-refractivity contribution in [1.82, 2.24) is 10.2 Å². The number of amidine groups is 1. The number of carbonyl (C=O) groups excluding carboxylic acids is 1. The number of benzene rings is 2. The Morgan fingerprint density at radius 1 is 1.03 bits per heavy atom. The molecule has 0 bridgehead atoms. The molecule has 1 amide bonds. The van der Waals surface area contributed by atoms with E-state index in [0.29, 0.717) is 34.8 Å². The molecular formula is C24H23F6N3O3S. The van der Waals surface area contributed by atoms with E-state index in [2.05, 4.69) is 10.3 Å². The van der Waals surface area contributed by atoms with E-state index in [1.165, 1.54) is 31.0 Å². The van der Waals surface area contributed by atoms with E-state index in [9.17, 15) is 31.1 Å². The second-order valence-electron chi connectivity index (χ2n) is 8.12. The molecule has 3 rings (SSSR count). The van der Waals surface area contributed by atoms with Gasteiger partial charge >= 0.3 is 12.4 Å². The highest BCUT2D eigenvalue weighted by atomic mass is 32.2. The van der Waals surface area contributed by atoms with Gasteiger partial charge in [-0.3, -0.25) is 9.79 Å². The van der Waals surface area contributed by atoms with Gasteiger partial charge in [-0.15, -0.1) is 0 Å². The minimum Gasteiger partial charge on any atom is -0.493 e. The number of alkyl halides is 6. The average Bonchev–Trinajstić information content (AvgIpc) is 3.15. The van der Waals surface area contributed by atoms with E-state index < -0.39 is 35.6 Å². The standard InChI is InChI=1S/C24H23F6N3O3S/c1-33(2)9-8-31-22-32-21(34)20(37-22)11-14-4-7-18(19(10-14)35-3)36-13-15-5-6-16(23(25,26)27)12-17(15)24(28,29)30/h4-7,10-12H,8-9,13H2,1-3H3,(H,31,32,34)/b20-11+. The summed E-state index contributed by atoms with van der Waals surface area (Å²) < 4.78 is 89.6. The Bertz CT molecular complexity index is 1210. The number of aliphatic imine (C=N–C) groups is 1. The summed E-state index contributed by atoms with van der Waals surface area (Å²) in [6.45, 7) is 0.584. The molecule has 0 radical (unpaired) electrons. The zero-order chi connectivity index (χ0) is 27.4. The van der Waals surface area contributed by atoms with Crippen LogP contribution in [0.15, 0.2) is 46.3 Å². The molecule has 1 aliphatic heterocycles. The fourth-order valence-electron chi connectivity index (χ4n) is 3.20. The molecule has 1 heterocycles. The molecule has 200 valence electrons. The number of methoxy groups -OCH3 is 1. The van der Waals surface area contributed by atoms with Crippen LogP contribution in [0.5, 0.6) is 11.5 Å². The van der Waals surface area contributed by atoms with Crippen molar-refractivity contribution in [3.8, 4) is 11.5 Å². The summed E-state index contributed by atoms with van der Waals surface area (Å²) in [4.78, 5) is 18.9. The maximum atomic E-state index is 13.4. The van der Waals surface area contributed by atoms with Gasteiger partial charge in [-0.2, -0.15) is 26.3 Å². The summed E-state index contributed by atoms with van der Waals surface area (Å²) in [5.41, 5.74) is -2.75. The molecule has 1 fully saturated rings. The largest absolute Gasteiger partial charge is 0.493 e. The fraction of sp³-hybridized carbons (Fsp3) is 0.333. The van der Waals surface area contributed by atoms with E-state index in [1.54, 1.807) is 12.1 Å². The van der Waals surface area contributed by atoms with Gasteiger partial charge in [-0.1, -0.05) is 12.1 Å². The van der Waals surface area contributed by atoms with Gasteiger partial charge in [0.2, 0.25) is 0 Å². The Morgan fingerprint density at radius 3 is 2.38 bits per heavy atom. The number of halogens is 6. The van der Waals surface area contributed by atoms with Gasteiger partial charge < -0.3 is 19.7 Å². The first-order valence-electron chi connectivity index (χ1n) is 10.8. The highest BCUT2D eigenvalue weighted by Gasteiger charge is 2.38. The Kier molecular flexibility index (Phi) is 8.80. The van der Waals surface area contributed by atoms with Crippen LogP contribution in [0.1, 0.15) is 22.3 Å². The molecule has 0 atom stereocenters. The molecule has 0 spiro atoms. The minimum absolute atomic E-state index is 0.0631. The minimum atomic E-state index is -5.01. The van der Waals surface area contributed by atoms with Crippen molar-refractivity contribution in [2.75, 3.05) is 34.3 Å². The zero-order valence-electron chi connectivity index (χ0n) is 20.0. The third-order valence-corrected chi connectivity index (χ3v) is 6.01. The normalized spacial score (nSPS) is 16.5. The van der Waals surface area contributed by atoms with Crippen LogP contribution in [0.4, 0.5) is 26.3 Å². The van der Waals surface area contributed by atoms with Crippen molar-refractivity contribution in [2.24, 2.45) is 4.99 Å². The Labute approximate surface area is 213 Å². The van der Waals surface area contributed by atoms with Gasteiger partial charge in [0.1, 0.15) is 6.61 Å². The topological polar surface area (TPSA) is 63.2 Å². The van der Waals surface area contributed by atoms with Gasteiger partial charge in [0.25, 0.3) is 5.91 Å². The molecule has 0 aliphatic carbocycles. The first-order chi connectivity index (χ1) is 17.3. The fourth-order valence-corrected chi connectivity index (χ4v) is 4.04. The van der Waals surface area contributed by atoms with Crippen molar-refractivity contribution in [3.63, 3.8) is 0 Å². The summed E-state index contributed by atoms with van der Waals surface area (Å²) in [7, 11) is 5.14. The van der Waals surface area contributed by atoms with Crippen molar-refractivity contribution in [2.45, 2.75) is 19.0 Å². The lowest BCUT2D eigenvalue weighted by molar-refractivity contribution is -0.143. The number of likely N-dealkylation sites (N-methyl/N-ethyl adjacent to an activating group) is 1. The van der Waals surface area contributed by atoms with E-state index in [1.807, 2.05) is 19.0 Å². The molecule has 1 aliphatic rings. The lowest BCUT2D eigenvalue weighted by Crippen LogP contribution is -2.21. The molecule has 1 saturated heterocycles. The van der Waals surface area contributed by atoms with Crippen LogP contribution in [0.25, 0.3) is 6.08 Å². The molecule has 37 heavy (non-hydrogen) atoms. The maximum absolute atomic E-state index is 13.4. The van der Waals surface area contributed by atoms with Gasteiger partial charge in [0.15, 0.2) is 16.7 Å². The SMILES string of the molecule is COc1cc(/C=C2/SC(=NCCN(C)C)NC2=O)ccc1OCc1ccc(C(F)(F)F)cc1C(F)(F)F. The third-order valence-electron chi connectivity index (χ3n) is 5.06. The predicted molar refractivity (Wildman–Crippen MR) is 128 cm³/mol. The predicted octanol–water partition coefficient (Wildman–Crippen LogP) is 5.43. The second-order valence-corrected chi connectivity index (χ2v) is 9.15. The molecule has 6 nitrogen and oxygen atoms in total. The van der Waals surface area contributed by atoms with Crippen molar-refractivity contribution in [3.05, 3.63) is 63.6 Å². The van der Waals surface area contributed by atoms with Crippen LogP contribution < -0.4 is 14.8 Å². The first kappa shape index (κ1) is 28.4. The lowest BCUT2D eigenvalue weighted by Gasteiger charge is -2.17. The molecule has 1 N–H and O–H groups in total. The van der Waals surface area contributed by atoms with Crippen molar-refractivity contribution < 1.29 is 40.6 Å². The third kappa shape index (κ3) is 7.65. The zero-order valence-corrected chi connectivity index (χ0v) is 20.8. The van der Waals surface area contributed by atoms with E-state index in [4.69, 9.17) is 9.47 Å². The number of amides is 1. The van der Waals surface area contributed by atoms with Crippen LogP contribution >= 0.6 is 11.8 Å². The molecular weight excluding hydrogens is 524 g/mol. The highest BCUT2D eigenvalue weighted by molar-refractivity contribution is 8.18. The second kappa shape index (κ2) is 11.5. The summed E-state index contributed by atoms with van der Waals surface area (Å²) in [5, 5.41) is 3.15. The van der Waals surface area contributed by atoms with E-state index in [0.717, 1.165) is 6.07 Å². The number of hydrogen-bond donors (Lipinski definition) is 1. The molecule has 0 unspecified atom stereocenters. The number of ether oxygens (including phenoxy) is 2. The number of thioether (sulfide) groups is 1. The van der Waals surface area contributed by atoms with E-state index in [-0.39, 0.29) is 23.5 Å². The van der Waals surface area contributed by atoms with Gasteiger partial charge in [-0.05, 0) is 61.8 Å². The van der Waals surface area contributed by atoms with Crippen LogP contribution in [0.3, 0.4) is 0 Å². The van der Waals surface area contributed by atoms with Gasteiger partial charge in [-0.25, -0.2) is 0 Å². The smallest absolute Gasteiger partial charge is 0.416 e. The Morgan fingerprint density at radius 2 is 1.76 bits per heavy atom. The first-order valence-corrected chi connectivity index (χ1v) is 11.6. The van der Waals surface area contributed by atoms with Gasteiger partial charge in [0, 0.05) is 12.1 Å². The van der Waals surface area contributed by atoms with Crippen LogP contribution in [0.2, 0.25) is 0 Å². The molecule has 13 heteroatoms. The average molecular weight is 548 g/mol. The Hall–Kier alpha value is -3.19. The summed E-state index contributed by atoms with van der Waals surface area (Å²) >= 11 is 1.17. The summed E-state index contributed by atoms with van der Waals surface area (Å²) in [6, 6.07) is 5.90. The molecule has 2 aromatic carbocycles. The van der Waals surface area contributed by atoms with Crippen LogP contribution in [0, 0.1) is 0 Å². The quantitative estimate of drug-likeness (QED) is 0.353. The van der Waals surface area contributed by atoms with Crippen molar-refractivity contribution >= 4 is 28.9 Å². The molecule has 0 saturated carbocycles. The van der Waals surface area contributed by atoms with Crippen LogP contribution in [-0.2, 0) is 23.8 Å². The molecule has 2 aromatic rings. The number of nitrogens with zero attached hydrogens (tertiary/aromatic N) is 2. The summed E-state index contributed by atoms with van der Waals surface area (Å²) in [5.74, 6) is -0.0832.